The predicted molar refractivity (Wildman–Crippen MR) is 60.2 cm³/mol. The fraction of sp³-hybridized carbons (Fsp3) is 0.900. The quantitative estimate of drug-likeness (QED) is 0.288. The lowest BCUT2D eigenvalue weighted by atomic mass is 9.92. The second-order valence-electron chi connectivity index (χ2n) is 3.53. The molecule has 0 saturated heterocycles. The van der Waals surface area contributed by atoms with Crippen molar-refractivity contribution in [3.63, 3.8) is 0 Å². The van der Waals surface area contributed by atoms with Gasteiger partial charge in [0, 0.05) is 11.5 Å². The van der Waals surface area contributed by atoms with E-state index in [0.29, 0.717) is 6.54 Å². The van der Waals surface area contributed by atoms with Crippen molar-refractivity contribution in [2.45, 2.75) is 45.1 Å². The van der Waals surface area contributed by atoms with Gasteiger partial charge < -0.3 is 0 Å². The first-order valence-corrected chi connectivity index (χ1v) is 5.41. The van der Waals surface area contributed by atoms with E-state index in [-0.39, 0.29) is 0 Å². The first-order valence-electron chi connectivity index (χ1n) is 5.41. The van der Waals surface area contributed by atoms with Crippen molar-refractivity contribution in [3.8, 4) is 6.07 Å². The van der Waals surface area contributed by atoms with Crippen LogP contribution in [-0.4, -0.2) is 18.6 Å². The molecule has 0 amide bonds. The maximum atomic E-state index is 9.12. The number of nitrogens with zero attached hydrogens (tertiary/aromatic N) is 4. The Labute approximate surface area is 91.1 Å². The fourth-order valence-electron chi connectivity index (χ4n) is 1.51. The SMILES string of the molecule is CCCC(C#N)(CC)NCCCN=[N+]=[N-]. The molecular weight excluding hydrogens is 190 g/mol. The maximum absolute atomic E-state index is 9.12. The monoisotopic (exact) mass is 209 g/mol. The Hall–Kier alpha value is -1.24. The topological polar surface area (TPSA) is 84.6 Å². The number of nitriles is 1. The van der Waals surface area contributed by atoms with Gasteiger partial charge in [0.15, 0.2) is 0 Å². The molecule has 0 spiro atoms. The molecule has 1 unspecified atom stereocenters. The standard InChI is InChI=1S/C10H19N5/c1-3-6-10(4-2,9-11)13-7-5-8-14-15-12/h13H,3-8H2,1-2H3. The summed E-state index contributed by atoms with van der Waals surface area (Å²) in [5, 5.41) is 15.8. The van der Waals surface area contributed by atoms with Gasteiger partial charge in [0.2, 0.25) is 0 Å². The van der Waals surface area contributed by atoms with Crippen molar-refractivity contribution in [3.05, 3.63) is 10.4 Å². The van der Waals surface area contributed by atoms with Crippen LogP contribution in [0.4, 0.5) is 0 Å². The summed E-state index contributed by atoms with van der Waals surface area (Å²) in [6, 6.07) is 2.34. The van der Waals surface area contributed by atoms with Gasteiger partial charge in [-0.05, 0) is 31.3 Å². The van der Waals surface area contributed by atoms with Crippen molar-refractivity contribution in [2.24, 2.45) is 5.11 Å². The van der Waals surface area contributed by atoms with E-state index in [1.165, 1.54) is 0 Å². The molecule has 0 radical (unpaired) electrons. The van der Waals surface area contributed by atoms with Gasteiger partial charge in [-0.3, -0.25) is 5.32 Å². The molecule has 0 aromatic rings. The second-order valence-corrected chi connectivity index (χ2v) is 3.53. The average molecular weight is 209 g/mol. The Morgan fingerprint density at radius 3 is 2.73 bits per heavy atom. The third-order valence-corrected chi connectivity index (χ3v) is 2.46. The third kappa shape index (κ3) is 5.26. The van der Waals surface area contributed by atoms with Gasteiger partial charge in [0.05, 0.1) is 6.07 Å². The van der Waals surface area contributed by atoms with Crippen LogP contribution >= 0.6 is 0 Å². The minimum Gasteiger partial charge on any atom is -0.299 e. The second kappa shape index (κ2) is 8.10. The molecule has 0 rings (SSSR count). The van der Waals surface area contributed by atoms with Crippen LogP contribution in [0, 0.1) is 11.3 Å². The van der Waals surface area contributed by atoms with Crippen LogP contribution in [0.5, 0.6) is 0 Å². The summed E-state index contributed by atoms with van der Waals surface area (Å²) in [5.74, 6) is 0. The van der Waals surface area contributed by atoms with Gasteiger partial charge in [0.1, 0.15) is 5.54 Å². The molecule has 0 bridgehead atoms. The molecule has 0 aromatic heterocycles. The van der Waals surface area contributed by atoms with Crippen LogP contribution in [0.25, 0.3) is 10.4 Å². The van der Waals surface area contributed by atoms with Crippen molar-refractivity contribution >= 4 is 0 Å². The molecule has 0 saturated carbocycles. The smallest absolute Gasteiger partial charge is 0.106 e. The van der Waals surface area contributed by atoms with E-state index in [0.717, 1.165) is 32.2 Å². The lowest BCUT2D eigenvalue weighted by Gasteiger charge is -2.26. The Morgan fingerprint density at radius 2 is 2.27 bits per heavy atom. The van der Waals surface area contributed by atoms with E-state index in [2.05, 4.69) is 28.3 Å². The van der Waals surface area contributed by atoms with Crippen LogP contribution in [0.3, 0.4) is 0 Å². The molecule has 84 valence electrons. The lowest BCUT2D eigenvalue weighted by Crippen LogP contribution is -2.43. The molecule has 0 fully saturated rings. The molecule has 0 heterocycles. The van der Waals surface area contributed by atoms with Crippen LogP contribution in [0.1, 0.15) is 39.5 Å². The van der Waals surface area contributed by atoms with E-state index < -0.39 is 5.54 Å². The minimum absolute atomic E-state index is 0.398. The van der Waals surface area contributed by atoms with Crippen LogP contribution < -0.4 is 5.32 Å². The van der Waals surface area contributed by atoms with Crippen LogP contribution in [0.2, 0.25) is 0 Å². The lowest BCUT2D eigenvalue weighted by molar-refractivity contribution is 0.368. The minimum atomic E-state index is -0.398. The van der Waals surface area contributed by atoms with Gasteiger partial charge in [-0.15, -0.1) is 0 Å². The highest BCUT2D eigenvalue weighted by molar-refractivity contribution is 5.05. The predicted octanol–water partition coefficient (Wildman–Crippen LogP) is 2.75. The summed E-state index contributed by atoms with van der Waals surface area (Å²) in [5.41, 5.74) is 7.69. The first-order chi connectivity index (χ1) is 7.24. The van der Waals surface area contributed by atoms with Gasteiger partial charge in [-0.25, -0.2) is 0 Å². The van der Waals surface area contributed by atoms with Crippen molar-refractivity contribution < 1.29 is 0 Å². The zero-order valence-electron chi connectivity index (χ0n) is 9.53. The summed E-state index contributed by atoms with van der Waals surface area (Å²) >= 11 is 0. The molecule has 5 heteroatoms. The Balaban J connectivity index is 3.96. The van der Waals surface area contributed by atoms with E-state index in [9.17, 15) is 0 Å². The highest BCUT2D eigenvalue weighted by Gasteiger charge is 2.25. The van der Waals surface area contributed by atoms with Gasteiger partial charge >= 0.3 is 0 Å². The summed E-state index contributed by atoms with van der Waals surface area (Å²) in [6.45, 7) is 5.30. The maximum Gasteiger partial charge on any atom is 0.106 e. The molecule has 15 heavy (non-hydrogen) atoms. The molecule has 1 N–H and O–H groups in total. The Kier molecular flexibility index (Phi) is 7.43. The largest absolute Gasteiger partial charge is 0.299 e. The summed E-state index contributed by atoms with van der Waals surface area (Å²) in [4.78, 5) is 2.68. The molecular formula is C10H19N5. The highest BCUT2D eigenvalue weighted by Crippen LogP contribution is 2.16. The molecule has 0 aliphatic heterocycles. The van der Waals surface area contributed by atoms with E-state index in [1.54, 1.807) is 0 Å². The molecule has 1 atom stereocenters. The first kappa shape index (κ1) is 13.8. The zero-order valence-corrected chi connectivity index (χ0v) is 9.53. The molecule has 5 nitrogen and oxygen atoms in total. The Morgan fingerprint density at radius 1 is 1.53 bits per heavy atom. The molecule has 0 aliphatic rings. The van der Waals surface area contributed by atoms with Gasteiger partial charge in [-0.1, -0.05) is 25.4 Å². The molecule has 0 aliphatic carbocycles. The van der Waals surface area contributed by atoms with Crippen molar-refractivity contribution in [2.75, 3.05) is 13.1 Å². The van der Waals surface area contributed by atoms with E-state index >= 15 is 0 Å². The number of rotatable bonds is 8. The summed E-state index contributed by atoms with van der Waals surface area (Å²) < 4.78 is 0. The average Bonchev–Trinajstić information content (AvgIpc) is 2.27. The van der Waals surface area contributed by atoms with E-state index in [1.807, 2.05) is 6.92 Å². The van der Waals surface area contributed by atoms with E-state index in [4.69, 9.17) is 10.8 Å². The third-order valence-electron chi connectivity index (χ3n) is 2.46. The normalized spacial score (nSPS) is 13.7. The number of nitrogens with one attached hydrogen (secondary N) is 1. The fourth-order valence-corrected chi connectivity index (χ4v) is 1.51. The van der Waals surface area contributed by atoms with Gasteiger partial charge in [-0.2, -0.15) is 5.26 Å². The van der Waals surface area contributed by atoms with Crippen molar-refractivity contribution in [1.82, 2.24) is 5.32 Å². The zero-order chi connectivity index (χ0) is 11.6. The number of hydrogen-bond donors (Lipinski definition) is 1. The van der Waals surface area contributed by atoms with Crippen LogP contribution in [0.15, 0.2) is 5.11 Å². The summed E-state index contributed by atoms with van der Waals surface area (Å²) in [6.07, 6.45) is 3.43. The summed E-state index contributed by atoms with van der Waals surface area (Å²) in [7, 11) is 0. The number of hydrogen-bond acceptors (Lipinski definition) is 3. The number of azide groups is 1. The Bertz CT molecular complexity index is 251. The van der Waals surface area contributed by atoms with Gasteiger partial charge in [0.25, 0.3) is 0 Å². The highest BCUT2D eigenvalue weighted by atomic mass is 15.1. The molecule has 0 aromatic carbocycles. The van der Waals surface area contributed by atoms with Crippen molar-refractivity contribution in [1.29, 1.82) is 5.26 Å². The van der Waals surface area contributed by atoms with Crippen LogP contribution in [-0.2, 0) is 0 Å².